The highest BCUT2D eigenvalue weighted by Crippen LogP contribution is 2.06. The predicted octanol–water partition coefficient (Wildman–Crippen LogP) is -1.57. The molecule has 96 valence electrons. The van der Waals surface area contributed by atoms with Gasteiger partial charge in [-0.1, -0.05) is 0 Å². The lowest BCUT2D eigenvalue weighted by Gasteiger charge is -2.27. The van der Waals surface area contributed by atoms with Gasteiger partial charge in [-0.2, -0.15) is 4.98 Å². The van der Waals surface area contributed by atoms with E-state index in [2.05, 4.69) is 4.98 Å². The first kappa shape index (κ1) is 13.6. The highest BCUT2D eigenvalue weighted by Gasteiger charge is 2.14. The molecule has 1 aromatic rings. The minimum atomic E-state index is -0.673. The maximum atomic E-state index is 13.1. The molecule has 0 amide bonds. The Balaban J connectivity index is 0.00000144. The summed E-state index contributed by atoms with van der Waals surface area (Å²) in [5.74, 6) is -0.848. The fraction of sp³-hybridized carbons (Fsp3) is 0.556. The van der Waals surface area contributed by atoms with Crippen molar-refractivity contribution in [3.05, 3.63) is 22.5 Å². The Kier molecular flexibility index (Phi) is 4.55. The van der Waals surface area contributed by atoms with Crippen LogP contribution < -0.4 is 11.4 Å². The van der Waals surface area contributed by atoms with Crippen LogP contribution in [0.3, 0.4) is 0 Å². The van der Waals surface area contributed by atoms with E-state index in [0.29, 0.717) is 26.3 Å². The molecule has 0 aliphatic carbocycles. The van der Waals surface area contributed by atoms with Crippen LogP contribution in [-0.4, -0.2) is 46.2 Å². The normalized spacial score (nSPS) is 16.5. The van der Waals surface area contributed by atoms with Crippen molar-refractivity contribution < 1.29 is 14.6 Å². The molecule has 0 radical (unpaired) electrons. The van der Waals surface area contributed by atoms with E-state index in [1.165, 1.54) is 0 Å². The summed E-state index contributed by atoms with van der Waals surface area (Å²) < 4.78 is 19.4. The molecule has 8 heteroatoms. The Bertz CT molecular complexity index is 431. The van der Waals surface area contributed by atoms with Gasteiger partial charge in [0, 0.05) is 13.1 Å². The van der Waals surface area contributed by atoms with Gasteiger partial charge >= 0.3 is 5.69 Å². The summed E-state index contributed by atoms with van der Waals surface area (Å²) in [6.45, 7) is 2.86. The van der Waals surface area contributed by atoms with Crippen LogP contribution in [0.15, 0.2) is 11.0 Å². The van der Waals surface area contributed by atoms with Crippen molar-refractivity contribution in [2.45, 2.75) is 6.67 Å². The number of hydrogen-bond acceptors (Lipinski definition) is 5. The zero-order chi connectivity index (χ0) is 11.5. The molecule has 0 aromatic carbocycles. The highest BCUT2D eigenvalue weighted by atomic mass is 19.1. The van der Waals surface area contributed by atoms with Crippen LogP contribution in [0.25, 0.3) is 0 Å². The molecule has 1 fully saturated rings. The third-order valence-electron chi connectivity index (χ3n) is 2.50. The molecular formula is C9H15FN4O3. The maximum absolute atomic E-state index is 13.1. The third-order valence-corrected chi connectivity index (χ3v) is 2.50. The summed E-state index contributed by atoms with van der Waals surface area (Å²) in [6, 6.07) is 0. The topological polar surface area (TPSA) is 105 Å². The molecule has 0 bridgehead atoms. The summed E-state index contributed by atoms with van der Waals surface area (Å²) in [7, 11) is 0. The van der Waals surface area contributed by atoms with Gasteiger partial charge in [-0.3, -0.25) is 9.47 Å². The number of aromatic nitrogens is 2. The molecule has 7 nitrogen and oxygen atoms in total. The zero-order valence-corrected chi connectivity index (χ0v) is 9.23. The molecule has 2 heterocycles. The second kappa shape index (κ2) is 5.71. The summed E-state index contributed by atoms with van der Waals surface area (Å²) in [4.78, 5) is 16.8. The third kappa shape index (κ3) is 2.99. The summed E-state index contributed by atoms with van der Waals surface area (Å²) in [5, 5.41) is 0. The summed E-state index contributed by atoms with van der Waals surface area (Å²) in [6.07, 6.45) is 0.841. The molecule has 0 unspecified atom stereocenters. The maximum Gasteiger partial charge on any atom is 0.350 e. The Labute approximate surface area is 96.9 Å². The van der Waals surface area contributed by atoms with E-state index in [-0.39, 0.29) is 18.0 Å². The van der Waals surface area contributed by atoms with Crippen molar-refractivity contribution in [2.75, 3.05) is 32.0 Å². The van der Waals surface area contributed by atoms with E-state index in [1.54, 1.807) is 0 Å². The minimum Gasteiger partial charge on any atom is -0.412 e. The Morgan fingerprint density at radius 2 is 2.12 bits per heavy atom. The second-order valence-electron chi connectivity index (χ2n) is 3.57. The van der Waals surface area contributed by atoms with Gasteiger partial charge in [-0.05, 0) is 0 Å². The number of anilines is 1. The Morgan fingerprint density at radius 1 is 1.47 bits per heavy atom. The number of ether oxygens (including phenoxy) is 1. The predicted molar refractivity (Wildman–Crippen MR) is 58.9 cm³/mol. The first-order valence-electron chi connectivity index (χ1n) is 4.99. The van der Waals surface area contributed by atoms with Crippen molar-refractivity contribution >= 4 is 5.82 Å². The van der Waals surface area contributed by atoms with Gasteiger partial charge < -0.3 is 15.9 Å². The Hall–Kier alpha value is -1.51. The van der Waals surface area contributed by atoms with Crippen LogP contribution in [0.2, 0.25) is 0 Å². The van der Waals surface area contributed by atoms with E-state index in [1.807, 2.05) is 4.90 Å². The van der Waals surface area contributed by atoms with Gasteiger partial charge in [-0.25, -0.2) is 9.18 Å². The van der Waals surface area contributed by atoms with Crippen molar-refractivity contribution in [2.24, 2.45) is 0 Å². The van der Waals surface area contributed by atoms with Gasteiger partial charge in [0.25, 0.3) is 0 Å². The average Bonchev–Trinajstić information content (AvgIpc) is 2.31. The molecule has 0 saturated carbocycles. The van der Waals surface area contributed by atoms with Crippen molar-refractivity contribution in [1.29, 1.82) is 0 Å². The second-order valence-corrected chi connectivity index (χ2v) is 3.57. The minimum absolute atomic E-state index is 0. The van der Waals surface area contributed by atoms with Crippen LogP contribution in [0.1, 0.15) is 0 Å². The molecule has 4 N–H and O–H groups in total. The highest BCUT2D eigenvalue weighted by molar-refractivity contribution is 5.28. The lowest BCUT2D eigenvalue weighted by Crippen LogP contribution is -2.41. The molecule has 1 aliphatic rings. The summed E-state index contributed by atoms with van der Waals surface area (Å²) in [5.41, 5.74) is 4.95. The number of nitrogens with two attached hydrogens (primary N) is 1. The van der Waals surface area contributed by atoms with Gasteiger partial charge in [-0.15, -0.1) is 0 Å². The van der Waals surface area contributed by atoms with Gasteiger partial charge in [0.1, 0.15) is 5.82 Å². The SMILES string of the molecule is Nc1c(F)cnc(=O)n1CN1CCOCC1.O. The van der Waals surface area contributed by atoms with Gasteiger partial charge in [0.15, 0.2) is 5.82 Å². The summed E-state index contributed by atoms with van der Waals surface area (Å²) >= 11 is 0. The van der Waals surface area contributed by atoms with Crippen LogP contribution in [0.4, 0.5) is 10.2 Å². The average molecular weight is 246 g/mol. The molecule has 1 aromatic heterocycles. The quantitative estimate of drug-likeness (QED) is 0.678. The fourth-order valence-corrected chi connectivity index (χ4v) is 1.56. The number of morpholine rings is 1. The van der Waals surface area contributed by atoms with Gasteiger partial charge in [0.2, 0.25) is 0 Å². The largest absolute Gasteiger partial charge is 0.412 e. The molecule has 0 spiro atoms. The molecular weight excluding hydrogens is 231 g/mol. The lowest BCUT2D eigenvalue weighted by molar-refractivity contribution is 0.0229. The fourth-order valence-electron chi connectivity index (χ4n) is 1.56. The molecule has 1 saturated heterocycles. The van der Waals surface area contributed by atoms with Crippen LogP contribution in [0, 0.1) is 5.82 Å². The smallest absolute Gasteiger partial charge is 0.350 e. The number of rotatable bonds is 2. The standard InChI is InChI=1S/C9H13FN4O2.H2O/c10-7-5-12-9(15)14(8(7)11)6-13-1-3-16-4-2-13;/h5H,1-4,6,11H2;1H2. The van der Waals surface area contributed by atoms with Crippen molar-refractivity contribution in [3.63, 3.8) is 0 Å². The van der Waals surface area contributed by atoms with Crippen molar-refractivity contribution in [3.8, 4) is 0 Å². The monoisotopic (exact) mass is 246 g/mol. The first-order valence-corrected chi connectivity index (χ1v) is 4.99. The molecule has 1 aliphatic heterocycles. The molecule has 2 rings (SSSR count). The number of halogens is 1. The molecule has 17 heavy (non-hydrogen) atoms. The zero-order valence-electron chi connectivity index (χ0n) is 9.23. The number of nitrogen functional groups attached to an aromatic ring is 1. The van der Waals surface area contributed by atoms with Gasteiger partial charge in [0.05, 0.1) is 26.1 Å². The van der Waals surface area contributed by atoms with Crippen LogP contribution in [0.5, 0.6) is 0 Å². The van der Waals surface area contributed by atoms with Crippen LogP contribution in [-0.2, 0) is 11.4 Å². The lowest BCUT2D eigenvalue weighted by atomic mass is 10.4. The van der Waals surface area contributed by atoms with Crippen molar-refractivity contribution in [1.82, 2.24) is 14.5 Å². The molecule has 0 atom stereocenters. The van der Waals surface area contributed by atoms with E-state index >= 15 is 0 Å². The van der Waals surface area contributed by atoms with E-state index in [4.69, 9.17) is 10.5 Å². The number of nitrogens with zero attached hydrogens (tertiary/aromatic N) is 3. The number of hydrogen-bond donors (Lipinski definition) is 1. The van der Waals surface area contributed by atoms with E-state index < -0.39 is 11.5 Å². The van der Waals surface area contributed by atoms with E-state index in [0.717, 1.165) is 10.8 Å². The Morgan fingerprint density at radius 3 is 2.76 bits per heavy atom. The van der Waals surface area contributed by atoms with E-state index in [9.17, 15) is 9.18 Å². The van der Waals surface area contributed by atoms with Crippen LogP contribution >= 0.6 is 0 Å². The first-order chi connectivity index (χ1) is 7.68.